The molecule has 2 heterocycles. The van der Waals surface area contributed by atoms with Gasteiger partial charge < -0.3 is 15.0 Å². The van der Waals surface area contributed by atoms with E-state index in [2.05, 4.69) is 14.7 Å². The Bertz CT molecular complexity index is 1020. The predicted octanol–water partition coefficient (Wildman–Crippen LogP) is 3.00. The lowest BCUT2D eigenvalue weighted by Gasteiger charge is -2.36. The van der Waals surface area contributed by atoms with Gasteiger partial charge in [-0.15, -0.1) is 0 Å². The molecule has 0 unspecified atom stereocenters. The van der Waals surface area contributed by atoms with Gasteiger partial charge in [-0.05, 0) is 29.2 Å². The van der Waals surface area contributed by atoms with Gasteiger partial charge in [0.2, 0.25) is 5.52 Å². The van der Waals surface area contributed by atoms with E-state index in [1.54, 1.807) is 4.90 Å². The van der Waals surface area contributed by atoms with Gasteiger partial charge in [0, 0.05) is 48.1 Å². The molecule has 1 fully saturated rings. The monoisotopic (exact) mass is 409 g/mol. The number of aromatic nitrogens is 2. The predicted molar refractivity (Wildman–Crippen MR) is 101 cm³/mol. The highest BCUT2D eigenvalue weighted by atomic mass is 35.5. The topological polar surface area (TPSA) is 103 Å². The molecule has 0 saturated carbocycles. The molecule has 0 aliphatic carbocycles. The van der Waals surface area contributed by atoms with Gasteiger partial charge in [0.1, 0.15) is 5.02 Å². The Labute approximate surface area is 162 Å². The Morgan fingerprint density at radius 1 is 1.11 bits per heavy atom. The second-order valence-corrected chi connectivity index (χ2v) is 6.90. The number of fused-ring (bicyclic) bond motifs is 1. The quantitative estimate of drug-likeness (QED) is 0.372. The van der Waals surface area contributed by atoms with Crippen LogP contribution >= 0.6 is 23.2 Å². The summed E-state index contributed by atoms with van der Waals surface area (Å²) >= 11 is 12.0. The number of nitrogens with zero attached hydrogens (tertiary/aromatic N) is 5. The van der Waals surface area contributed by atoms with E-state index in [1.165, 1.54) is 6.07 Å². The number of piperazine rings is 1. The lowest BCUT2D eigenvalue weighted by Crippen LogP contribution is -2.46. The number of hydrogen-bond acceptors (Lipinski definition) is 7. The van der Waals surface area contributed by atoms with Crippen molar-refractivity contribution in [2.75, 3.05) is 36.0 Å². The maximum absolute atomic E-state index is 11.7. The van der Waals surface area contributed by atoms with Crippen molar-refractivity contribution in [1.82, 2.24) is 5.16 Å². The van der Waals surface area contributed by atoms with Crippen molar-refractivity contribution in [2.24, 2.45) is 0 Å². The number of hydrogen-bond donors (Lipinski definition) is 0. The van der Waals surface area contributed by atoms with Crippen molar-refractivity contribution in [3.8, 4) is 0 Å². The first-order chi connectivity index (χ1) is 13.0. The second kappa shape index (κ2) is 6.75. The van der Waals surface area contributed by atoms with Gasteiger partial charge in [-0.1, -0.05) is 23.2 Å². The lowest BCUT2D eigenvalue weighted by atomic mass is 10.1. The minimum Gasteiger partial charge on any atom is -0.368 e. The first-order valence-electron chi connectivity index (χ1n) is 8.07. The molecule has 0 spiro atoms. The van der Waals surface area contributed by atoms with Gasteiger partial charge in [-0.3, -0.25) is 14.7 Å². The highest BCUT2D eigenvalue weighted by Gasteiger charge is 2.34. The van der Waals surface area contributed by atoms with E-state index in [9.17, 15) is 15.3 Å². The summed E-state index contributed by atoms with van der Waals surface area (Å²) in [6, 6.07) is 8.69. The van der Waals surface area contributed by atoms with Crippen LogP contribution in [0.4, 0.5) is 17.1 Å². The maximum atomic E-state index is 11.7. The summed E-state index contributed by atoms with van der Waals surface area (Å²) in [6.45, 7) is 2.24. The van der Waals surface area contributed by atoms with E-state index < -0.39 is 4.92 Å². The Kier molecular flexibility index (Phi) is 4.40. The van der Waals surface area contributed by atoms with Crippen LogP contribution in [0.5, 0.6) is 0 Å². The summed E-state index contributed by atoms with van der Waals surface area (Å²) in [7, 11) is 0. The van der Waals surface area contributed by atoms with Crippen molar-refractivity contribution in [3.05, 3.63) is 55.7 Å². The summed E-state index contributed by atoms with van der Waals surface area (Å²) in [5.41, 5.74) is 1.13. The lowest BCUT2D eigenvalue weighted by molar-refractivity contribution is -0.782. The molecule has 27 heavy (non-hydrogen) atoms. The first kappa shape index (κ1) is 17.6. The van der Waals surface area contributed by atoms with Crippen LogP contribution in [0.1, 0.15) is 0 Å². The molecule has 1 aromatic heterocycles. The third-order valence-electron chi connectivity index (χ3n) is 4.55. The zero-order chi connectivity index (χ0) is 19.1. The Balaban J connectivity index is 1.68. The minimum absolute atomic E-state index is 0.0562. The number of benzene rings is 2. The van der Waals surface area contributed by atoms with Crippen LogP contribution in [-0.2, 0) is 0 Å². The second-order valence-electron chi connectivity index (χ2n) is 6.06. The van der Waals surface area contributed by atoms with Crippen molar-refractivity contribution in [2.45, 2.75) is 0 Å². The van der Waals surface area contributed by atoms with Gasteiger partial charge in [0.15, 0.2) is 5.69 Å². The Morgan fingerprint density at radius 2 is 1.74 bits per heavy atom. The van der Waals surface area contributed by atoms with Crippen LogP contribution in [-0.4, -0.2) is 36.3 Å². The molecular formula is C16H13Cl2N5O4. The fraction of sp³-hybridized carbons (Fsp3) is 0.250. The van der Waals surface area contributed by atoms with E-state index >= 15 is 0 Å². The van der Waals surface area contributed by atoms with Crippen LogP contribution in [0.25, 0.3) is 11.0 Å². The standard InChI is InChI=1S/C16H13Cl2N5O4/c17-10-1-3-11(4-2-10)20-5-7-21(8-6-20)16-14-13(23(26)27-19-14)9-12(18)15(16)22(24)25/h1-4,9H,5-8H2. The summed E-state index contributed by atoms with van der Waals surface area (Å²) in [4.78, 5) is 15.2. The van der Waals surface area contributed by atoms with Gasteiger partial charge in [-0.25, -0.2) is 0 Å². The zero-order valence-corrected chi connectivity index (χ0v) is 15.4. The molecule has 140 valence electrons. The van der Waals surface area contributed by atoms with Gasteiger partial charge in [-0.2, -0.15) is 0 Å². The van der Waals surface area contributed by atoms with E-state index in [0.717, 1.165) is 5.69 Å². The van der Waals surface area contributed by atoms with Crippen LogP contribution in [0.3, 0.4) is 0 Å². The molecular weight excluding hydrogens is 397 g/mol. The third kappa shape index (κ3) is 3.08. The summed E-state index contributed by atoms with van der Waals surface area (Å²) in [6.07, 6.45) is 0. The third-order valence-corrected chi connectivity index (χ3v) is 5.09. The molecule has 0 bridgehead atoms. The largest absolute Gasteiger partial charge is 0.368 e. The average molecular weight is 410 g/mol. The van der Waals surface area contributed by atoms with Gasteiger partial charge in [0.05, 0.1) is 4.92 Å². The molecule has 2 aromatic carbocycles. The number of anilines is 2. The highest BCUT2D eigenvalue weighted by Crippen LogP contribution is 2.40. The molecule has 1 saturated heterocycles. The van der Waals surface area contributed by atoms with Crippen molar-refractivity contribution < 1.29 is 14.5 Å². The highest BCUT2D eigenvalue weighted by molar-refractivity contribution is 6.34. The first-order valence-corrected chi connectivity index (χ1v) is 8.83. The van der Waals surface area contributed by atoms with Crippen LogP contribution in [0.15, 0.2) is 35.0 Å². The molecule has 0 amide bonds. The molecule has 0 radical (unpaired) electrons. The van der Waals surface area contributed by atoms with E-state index in [0.29, 0.717) is 31.2 Å². The number of nitro benzene ring substituents is 1. The van der Waals surface area contributed by atoms with Crippen LogP contribution in [0.2, 0.25) is 10.0 Å². The molecule has 11 heteroatoms. The molecule has 0 atom stereocenters. The maximum Gasteiger partial charge on any atom is 0.315 e. The molecule has 9 nitrogen and oxygen atoms in total. The van der Waals surface area contributed by atoms with Crippen molar-refractivity contribution >= 4 is 51.3 Å². The molecule has 4 rings (SSSR count). The smallest absolute Gasteiger partial charge is 0.315 e. The normalized spacial score (nSPS) is 14.7. The number of nitro groups is 1. The SMILES string of the molecule is O=[N+]([O-])c1c(Cl)cc2c(no[n+]2[O-])c1N1CCN(c2ccc(Cl)cc2)CC1. The Hall–Kier alpha value is -2.78. The summed E-state index contributed by atoms with van der Waals surface area (Å²) in [5.74, 6) is 0. The van der Waals surface area contributed by atoms with Crippen molar-refractivity contribution in [3.63, 3.8) is 0 Å². The minimum atomic E-state index is -0.563. The number of halogens is 2. The van der Waals surface area contributed by atoms with Crippen LogP contribution in [0, 0.1) is 15.3 Å². The Morgan fingerprint density at radius 3 is 2.37 bits per heavy atom. The molecule has 3 aromatic rings. The molecule has 1 aliphatic heterocycles. The summed E-state index contributed by atoms with van der Waals surface area (Å²) in [5, 5.41) is 27.6. The fourth-order valence-corrected chi connectivity index (χ4v) is 3.66. The molecule has 1 aliphatic rings. The van der Waals surface area contributed by atoms with Gasteiger partial charge in [0.25, 0.3) is 5.52 Å². The summed E-state index contributed by atoms with van der Waals surface area (Å²) < 4.78 is 4.62. The van der Waals surface area contributed by atoms with E-state index in [4.69, 9.17) is 23.2 Å². The molecule has 0 N–H and O–H groups in total. The van der Waals surface area contributed by atoms with E-state index in [1.807, 2.05) is 24.3 Å². The number of rotatable bonds is 3. The van der Waals surface area contributed by atoms with Crippen LogP contribution < -0.4 is 14.7 Å². The van der Waals surface area contributed by atoms with E-state index in [-0.39, 0.29) is 32.3 Å². The zero-order valence-electron chi connectivity index (χ0n) is 13.8. The van der Waals surface area contributed by atoms with Crippen molar-refractivity contribution in [1.29, 1.82) is 0 Å². The average Bonchev–Trinajstić information content (AvgIpc) is 3.02. The fourth-order valence-electron chi connectivity index (χ4n) is 3.27. The van der Waals surface area contributed by atoms with Gasteiger partial charge >= 0.3 is 5.69 Å².